The average molecular weight is 241 g/mol. The molecule has 3 rings (SSSR count). The molecule has 0 aromatic carbocycles. The topological polar surface area (TPSA) is 49.0 Å². The molecule has 2 aromatic rings. The molecular formula is C14H15N3O. The molecule has 0 aliphatic carbocycles. The molecule has 1 N–H and O–H groups in total. The first-order valence-electron chi connectivity index (χ1n) is 6.12. The van der Waals surface area contributed by atoms with Crippen LogP contribution < -0.4 is 0 Å². The summed E-state index contributed by atoms with van der Waals surface area (Å²) in [6.07, 6.45) is 8.75. The zero-order valence-corrected chi connectivity index (χ0v) is 10.3. The molecule has 0 atom stereocenters. The fraction of sp³-hybridized carbons (Fsp3) is 0.286. The maximum Gasteiger partial charge on any atom is 0.219 e. The zero-order chi connectivity index (χ0) is 12.5. The van der Waals surface area contributed by atoms with Gasteiger partial charge in [0.05, 0.1) is 0 Å². The van der Waals surface area contributed by atoms with E-state index in [1.165, 1.54) is 11.1 Å². The Morgan fingerprint density at radius 2 is 2.39 bits per heavy atom. The van der Waals surface area contributed by atoms with Crippen molar-refractivity contribution in [2.24, 2.45) is 0 Å². The Kier molecular flexibility index (Phi) is 2.63. The lowest BCUT2D eigenvalue weighted by Gasteiger charge is -2.25. The lowest BCUT2D eigenvalue weighted by molar-refractivity contribution is -0.128. The van der Waals surface area contributed by atoms with E-state index in [2.05, 4.69) is 16.0 Å². The zero-order valence-electron chi connectivity index (χ0n) is 10.3. The smallest absolute Gasteiger partial charge is 0.219 e. The summed E-state index contributed by atoms with van der Waals surface area (Å²) < 4.78 is 0. The molecule has 0 saturated heterocycles. The summed E-state index contributed by atoms with van der Waals surface area (Å²) in [4.78, 5) is 20.6. The normalized spacial score (nSPS) is 15.8. The monoisotopic (exact) mass is 241 g/mol. The van der Waals surface area contributed by atoms with Crippen molar-refractivity contribution < 1.29 is 4.79 Å². The molecule has 18 heavy (non-hydrogen) atoms. The highest BCUT2D eigenvalue weighted by Crippen LogP contribution is 2.28. The molecule has 4 heteroatoms. The number of hydrogen-bond acceptors (Lipinski definition) is 2. The number of hydrogen-bond donors (Lipinski definition) is 1. The molecule has 1 aliphatic rings. The number of amides is 1. The van der Waals surface area contributed by atoms with Gasteiger partial charge >= 0.3 is 0 Å². The van der Waals surface area contributed by atoms with Crippen LogP contribution in [0.1, 0.15) is 18.9 Å². The summed E-state index contributed by atoms with van der Waals surface area (Å²) in [6.45, 7) is 3.13. The van der Waals surface area contributed by atoms with Gasteiger partial charge in [-0.3, -0.25) is 9.78 Å². The number of nitrogens with one attached hydrogen (secondary N) is 1. The van der Waals surface area contributed by atoms with Crippen LogP contribution >= 0.6 is 0 Å². The number of carbonyl (C=O) groups excluding carboxylic acids is 1. The molecule has 1 aliphatic heterocycles. The fourth-order valence-electron chi connectivity index (χ4n) is 2.43. The van der Waals surface area contributed by atoms with Gasteiger partial charge in [0.2, 0.25) is 5.91 Å². The summed E-state index contributed by atoms with van der Waals surface area (Å²) in [5.41, 5.74) is 3.61. The van der Waals surface area contributed by atoms with Gasteiger partial charge in [0.1, 0.15) is 0 Å². The summed E-state index contributed by atoms with van der Waals surface area (Å²) in [5.74, 6) is 0.144. The molecule has 2 aromatic heterocycles. The van der Waals surface area contributed by atoms with E-state index in [4.69, 9.17) is 0 Å². The van der Waals surface area contributed by atoms with E-state index in [0.717, 1.165) is 23.9 Å². The number of aromatic amines is 1. The van der Waals surface area contributed by atoms with E-state index in [1.807, 2.05) is 23.4 Å². The second-order valence-electron chi connectivity index (χ2n) is 4.57. The van der Waals surface area contributed by atoms with Gasteiger partial charge in [-0.15, -0.1) is 0 Å². The number of aromatic nitrogens is 2. The Hall–Kier alpha value is -2.10. The van der Waals surface area contributed by atoms with Crippen LogP contribution in [0.25, 0.3) is 16.5 Å². The van der Waals surface area contributed by atoms with Crippen LogP contribution in [-0.2, 0) is 4.79 Å². The van der Waals surface area contributed by atoms with Crippen LogP contribution in [0.3, 0.4) is 0 Å². The van der Waals surface area contributed by atoms with Gasteiger partial charge in [0, 0.05) is 55.1 Å². The average Bonchev–Trinajstić information content (AvgIpc) is 2.82. The maximum absolute atomic E-state index is 11.3. The third-order valence-corrected chi connectivity index (χ3v) is 3.48. The Balaban J connectivity index is 1.94. The number of pyridine rings is 1. The van der Waals surface area contributed by atoms with Crippen LogP contribution in [0.5, 0.6) is 0 Å². The van der Waals surface area contributed by atoms with E-state index in [0.29, 0.717) is 6.54 Å². The summed E-state index contributed by atoms with van der Waals surface area (Å²) >= 11 is 0. The third-order valence-electron chi connectivity index (χ3n) is 3.48. The first-order chi connectivity index (χ1) is 8.75. The molecule has 0 fully saturated rings. The van der Waals surface area contributed by atoms with Crippen molar-refractivity contribution >= 4 is 22.4 Å². The molecule has 1 amide bonds. The lowest BCUT2D eigenvalue weighted by atomic mass is 10.00. The van der Waals surface area contributed by atoms with E-state index in [-0.39, 0.29) is 5.91 Å². The van der Waals surface area contributed by atoms with Gasteiger partial charge in [0.15, 0.2) is 0 Å². The standard InChI is InChI=1S/C14H15N3O/c1-10(18)17-6-3-11(4-7-17)12-9-16-14-2-5-15-8-13(12)14/h2-3,5,8-9,16H,4,6-7H2,1H3. The van der Waals surface area contributed by atoms with Gasteiger partial charge in [-0.1, -0.05) is 6.08 Å². The third kappa shape index (κ3) is 1.79. The predicted molar refractivity (Wildman–Crippen MR) is 70.9 cm³/mol. The molecule has 92 valence electrons. The molecular weight excluding hydrogens is 226 g/mol. The number of fused-ring (bicyclic) bond motifs is 1. The lowest BCUT2D eigenvalue weighted by Crippen LogP contribution is -2.32. The Morgan fingerprint density at radius 3 is 3.11 bits per heavy atom. The SMILES string of the molecule is CC(=O)N1CC=C(c2c[nH]c3ccncc23)CC1. The fourth-order valence-corrected chi connectivity index (χ4v) is 2.43. The number of H-pyrrole nitrogens is 1. The first-order valence-corrected chi connectivity index (χ1v) is 6.12. The van der Waals surface area contributed by atoms with Gasteiger partial charge in [0.25, 0.3) is 0 Å². The molecule has 0 spiro atoms. The molecule has 0 saturated carbocycles. The quantitative estimate of drug-likeness (QED) is 0.832. The minimum atomic E-state index is 0.144. The van der Waals surface area contributed by atoms with E-state index < -0.39 is 0 Å². The van der Waals surface area contributed by atoms with Crippen molar-refractivity contribution in [2.45, 2.75) is 13.3 Å². The van der Waals surface area contributed by atoms with E-state index >= 15 is 0 Å². The van der Waals surface area contributed by atoms with E-state index in [1.54, 1.807) is 13.1 Å². The van der Waals surface area contributed by atoms with Gasteiger partial charge in [-0.2, -0.15) is 0 Å². The number of carbonyl (C=O) groups is 1. The van der Waals surface area contributed by atoms with Crippen molar-refractivity contribution in [2.75, 3.05) is 13.1 Å². The van der Waals surface area contributed by atoms with Gasteiger partial charge in [-0.05, 0) is 18.1 Å². The predicted octanol–water partition coefficient (Wildman–Crippen LogP) is 2.20. The Morgan fingerprint density at radius 1 is 1.50 bits per heavy atom. The summed E-state index contributed by atoms with van der Waals surface area (Å²) in [7, 11) is 0. The van der Waals surface area contributed by atoms with Crippen molar-refractivity contribution in [3.63, 3.8) is 0 Å². The minimum Gasteiger partial charge on any atom is -0.360 e. The van der Waals surface area contributed by atoms with E-state index in [9.17, 15) is 4.79 Å². The molecule has 0 unspecified atom stereocenters. The maximum atomic E-state index is 11.3. The molecule has 0 bridgehead atoms. The van der Waals surface area contributed by atoms with Crippen LogP contribution in [0, 0.1) is 0 Å². The highest BCUT2D eigenvalue weighted by atomic mass is 16.2. The largest absolute Gasteiger partial charge is 0.360 e. The number of rotatable bonds is 1. The second-order valence-corrected chi connectivity index (χ2v) is 4.57. The summed E-state index contributed by atoms with van der Waals surface area (Å²) in [5, 5.41) is 1.15. The van der Waals surface area contributed by atoms with Crippen molar-refractivity contribution in [1.29, 1.82) is 0 Å². The van der Waals surface area contributed by atoms with Crippen LogP contribution in [0.15, 0.2) is 30.7 Å². The first kappa shape index (κ1) is 11.0. The highest BCUT2D eigenvalue weighted by molar-refractivity contribution is 5.92. The second kappa shape index (κ2) is 4.29. The minimum absolute atomic E-state index is 0.144. The molecule has 3 heterocycles. The van der Waals surface area contributed by atoms with Gasteiger partial charge in [-0.25, -0.2) is 0 Å². The van der Waals surface area contributed by atoms with Crippen LogP contribution in [-0.4, -0.2) is 33.9 Å². The summed E-state index contributed by atoms with van der Waals surface area (Å²) in [6, 6.07) is 1.98. The highest BCUT2D eigenvalue weighted by Gasteiger charge is 2.16. The van der Waals surface area contributed by atoms with Crippen molar-refractivity contribution in [1.82, 2.24) is 14.9 Å². The van der Waals surface area contributed by atoms with Crippen molar-refractivity contribution in [3.8, 4) is 0 Å². The molecule has 4 nitrogen and oxygen atoms in total. The van der Waals surface area contributed by atoms with Gasteiger partial charge < -0.3 is 9.88 Å². The Bertz CT molecular complexity index is 627. The number of nitrogens with zero attached hydrogens (tertiary/aromatic N) is 2. The van der Waals surface area contributed by atoms with Crippen LogP contribution in [0.4, 0.5) is 0 Å². The van der Waals surface area contributed by atoms with Crippen LogP contribution in [0.2, 0.25) is 0 Å². The molecule has 0 radical (unpaired) electrons. The Labute approximate surface area is 105 Å². The van der Waals surface area contributed by atoms with Crippen molar-refractivity contribution in [3.05, 3.63) is 36.3 Å².